The van der Waals surface area contributed by atoms with Gasteiger partial charge in [0.15, 0.2) is 11.5 Å². The van der Waals surface area contributed by atoms with Gasteiger partial charge in [-0.15, -0.1) is 0 Å². The molecular weight excluding hydrogens is 428 g/mol. The maximum Gasteiger partial charge on any atom is 0.235 e. The van der Waals surface area contributed by atoms with E-state index in [0.717, 1.165) is 62.1 Å². The average Bonchev–Trinajstić information content (AvgIpc) is 3.53. The third-order valence-electron chi connectivity index (χ3n) is 7.42. The van der Waals surface area contributed by atoms with Crippen molar-refractivity contribution in [3.8, 4) is 11.5 Å². The quantitative estimate of drug-likeness (QED) is 0.441. The van der Waals surface area contributed by atoms with Crippen LogP contribution in [0.5, 0.6) is 11.5 Å². The lowest BCUT2D eigenvalue weighted by molar-refractivity contribution is -0.118. The Bertz CT molecular complexity index is 1230. The van der Waals surface area contributed by atoms with Crippen LogP contribution in [0.15, 0.2) is 42.5 Å². The second-order valence-electron chi connectivity index (χ2n) is 11.0. The first-order valence-electron chi connectivity index (χ1n) is 12.2. The molecule has 3 aromatic rings. The largest absolute Gasteiger partial charge is 0.504 e. The molecule has 1 aromatic heterocycles. The second kappa shape index (κ2) is 8.35. The summed E-state index contributed by atoms with van der Waals surface area (Å²) in [5.41, 5.74) is 3.36. The first-order valence-corrected chi connectivity index (χ1v) is 12.2. The zero-order valence-electron chi connectivity index (χ0n) is 20.2. The Hall–Kier alpha value is -2.99. The minimum atomic E-state index is -0.647. The van der Waals surface area contributed by atoms with Gasteiger partial charge in [0, 0.05) is 47.5 Å². The van der Waals surface area contributed by atoms with Crippen LogP contribution in [0, 0.1) is 5.92 Å². The van der Waals surface area contributed by atoms with E-state index in [1.54, 1.807) is 6.07 Å². The van der Waals surface area contributed by atoms with E-state index in [-0.39, 0.29) is 22.8 Å². The molecule has 0 atom stereocenters. The molecule has 1 aliphatic carbocycles. The number of hydrogen-bond donors (Lipinski definition) is 3. The van der Waals surface area contributed by atoms with Crippen molar-refractivity contribution in [3.05, 3.63) is 53.7 Å². The molecule has 1 saturated carbocycles. The lowest BCUT2D eigenvalue weighted by Crippen LogP contribution is -2.27. The summed E-state index contributed by atoms with van der Waals surface area (Å²) in [7, 11) is 0. The van der Waals surface area contributed by atoms with Gasteiger partial charge in [-0.1, -0.05) is 26.8 Å². The first-order chi connectivity index (χ1) is 16.2. The number of aromatic hydroxyl groups is 2. The van der Waals surface area contributed by atoms with Crippen molar-refractivity contribution in [2.75, 3.05) is 18.5 Å². The molecule has 1 aliphatic heterocycles. The number of benzene rings is 2. The van der Waals surface area contributed by atoms with Crippen molar-refractivity contribution in [1.29, 1.82) is 0 Å². The van der Waals surface area contributed by atoms with Crippen LogP contribution in [0.4, 0.5) is 5.69 Å². The van der Waals surface area contributed by atoms with Gasteiger partial charge in [0.05, 0.1) is 5.41 Å². The molecule has 180 valence electrons. The Kier molecular flexibility index (Phi) is 5.59. The van der Waals surface area contributed by atoms with Crippen LogP contribution in [0.2, 0.25) is 0 Å². The molecule has 2 fully saturated rings. The van der Waals surface area contributed by atoms with Crippen LogP contribution in [-0.2, 0) is 26.9 Å². The van der Waals surface area contributed by atoms with Crippen LogP contribution in [0.1, 0.15) is 57.7 Å². The highest BCUT2D eigenvalue weighted by Gasteiger charge is 2.51. The number of fused-ring (bicyclic) bond motifs is 1. The van der Waals surface area contributed by atoms with Crippen LogP contribution < -0.4 is 5.32 Å². The number of ether oxygens (including phenoxy) is 1. The van der Waals surface area contributed by atoms with Gasteiger partial charge >= 0.3 is 0 Å². The first kappa shape index (κ1) is 22.8. The Balaban J connectivity index is 1.42. The van der Waals surface area contributed by atoms with Crippen LogP contribution in [-0.4, -0.2) is 33.9 Å². The fourth-order valence-electron chi connectivity index (χ4n) is 5.20. The standard InChI is InChI=1S/C28H34N2O4/c1-27(2,3)25-15-19-14-21(5-6-22(19)30(25)17-18-8-12-34-13-9-18)29-26(33)28(10-11-28)20-4-7-23(31)24(32)16-20/h4-7,14-16,18,31-32H,8-13,17H2,1-3H3,(H,29,33). The van der Waals surface area contributed by atoms with Gasteiger partial charge in [0.1, 0.15) is 0 Å². The minimum Gasteiger partial charge on any atom is -0.504 e. The van der Waals surface area contributed by atoms with E-state index in [4.69, 9.17) is 4.74 Å². The SMILES string of the molecule is CC(C)(C)c1cc2cc(NC(=O)C3(c4ccc(O)c(O)c4)CC3)ccc2n1CC1CCOCC1. The lowest BCUT2D eigenvalue weighted by Gasteiger charge is -2.27. The number of nitrogens with one attached hydrogen (secondary N) is 1. The predicted molar refractivity (Wildman–Crippen MR) is 133 cm³/mol. The predicted octanol–water partition coefficient (Wildman–Crippen LogP) is 5.45. The Morgan fingerprint density at radius 2 is 1.79 bits per heavy atom. The van der Waals surface area contributed by atoms with E-state index in [1.807, 2.05) is 6.07 Å². The van der Waals surface area contributed by atoms with E-state index >= 15 is 0 Å². The number of phenols is 2. The fraction of sp³-hybridized carbons (Fsp3) is 0.464. The molecule has 5 rings (SSSR count). The Morgan fingerprint density at radius 1 is 1.06 bits per heavy atom. The van der Waals surface area contributed by atoms with E-state index in [0.29, 0.717) is 5.92 Å². The second-order valence-corrected chi connectivity index (χ2v) is 11.0. The van der Waals surface area contributed by atoms with E-state index in [2.05, 4.69) is 48.9 Å². The minimum absolute atomic E-state index is 0.00649. The van der Waals surface area contributed by atoms with Gasteiger partial charge in [-0.2, -0.15) is 0 Å². The van der Waals surface area contributed by atoms with E-state index in [1.165, 1.54) is 23.3 Å². The highest BCUT2D eigenvalue weighted by atomic mass is 16.5. The fourth-order valence-corrected chi connectivity index (χ4v) is 5.20. The topological polar surface area (TPSA) is 83.7 Å². The van der Waals surface area contributed by atoms with Crippen molar-refractivity contribution in [1.82, 2.24) is 4.57 Å². The maximum absolute atomic E-state index is 13.3. The number of hydrogen-bond acceptors (Lipinski definition) is 4. The molecule has 0 bridgehead atoms. The number of rotatable bonds is 5. The van der Waals surface area contributed by atoms with Crippen molar-refractivity contribution >= 4 is 22.5 Å². The molecule has 2 aromatic carbocycles. The zero-order chi connectivity index (χ0) is 24.1. The smallest absolute Gasteiger partial charge is 0.235 e. The van der Waals surface area contributed by atoms with Crippen molar-refractivity contribution in [2.24, 2.45) is 5.92 Å². The summed E-state index contributed by atoms with van der Waals surface area (Å²) in [6.45, 7) is 9.40. The van der Waals surface area contributed by atoms with Gasteiger partial charge in [0.2, 0.25) is 5.91 Å². The van der Waals surface area contributed by atoms with Crippen molar-refractivity contribution in [2.45, 2.75) is 63.8 Å². The molecule has 2 heterocycles. The van der Waals surface area contributed by atoms with Crippen molar-refractivity contribution in [3.63, 3.8) is 0 Å². The summed E-state index contributed by atoms with van der Waals surface area (Å²) < 4.78 is 8.01. The summed E-state index contributed by atoms with van der Waals surface area (Å²) in [4.78, 5) is 13.3. The summed E-state index contributed by atoms with van der Waals surface area (Å²) in [6.07, 6.45) is 3.63. The Labute approximate surface area is 200 Å². The normalized spacial score (nSPS) is 18.2. The third kappa shape index (κ3) is 4.16. The molecule has 3 N–H and O–H groups in total. The number of nitrogens with zero attached hydrogens (tertiary/aromatic N) is 1. The van der Waals surface area contributed by atoms with E-state index < -0.39 is 5.41 Å². The molecule has 1 saturated heterocycles. The summed E-state index contributed by atoms with van der Waals surface area (Å²) in [6, 6.07) is 13.1. The highest BCUT2D eigenvalue weighted by molar-refractivity contribution is 6.02. The van der Waals surface area contributed by atoms with Gasteiger partial charge in [-0.05, 0) is 73.6 Å². The third-order valence-corrected chi connectivity index (χ3v) is 7.42. The van der Waals surface area contributed by atoms with E-state index in [9.17, 15) is 15.0 Å². The molecule has 6 nitrogen and oxygen atoms in total. The molecular formula is C28H34N2O4. The average molecular weight is 463 g/mol. The van der Waals surface area contributed by atoms with Crippen LogP contribution >= 0.6 is 0 Å². The number of aromatic nitrogens is 1. The number of carbonyl (C=O) groups is 1. The highest BCUT2D eigenvalue weighted by Crippen LogP contribution is 2.50. The maximum atomic E-state index is 13.3. The summed E-state index contributed by atoms with van der Waals surface area (Å²) in [5.74, 6) is 0.166. The van der Waals surface area contributed by atoms with Crippen LogP contribution in [0.3, 0.4) is 0 Å². The lowest BCUT2D eigenvalue weighted by atomic mass is 9.91. The summed E-state index contributed by atoms with van der Waals surface area (Å²) in [5, 5.41) is 23.8. The molecule has 0 spiro atoms. The molecule has 1 amide bonds. The molecule has 34 heavy (non-hydrogen) atoms. The van der Waals surface area contributed by atoms with Gasteiger partial charge < -0.3 is 24.8 Å². The molecule has 2 aliphatic rings. The number of amides is 1. The summed E-state index contributed by atoms with van der Waals surface area (Å²) >= 11 is 0. The Morgan fingerprint density at radius 3 is 2.44 bits per heavy atom. The molecule has 0 radical (unpaired) electrons. The molecule has 0 unspecified atom stereocenters. The van der Waals surface area contributed by atoms with Crippen LogP contribution in [0.25, 0.3) is 10.9 Å². The van der Waals surface area contributed by atoms with Gasteiger partial charge in [-0.3, -0.25) is 4.79 Å². The number of phenolic OH excluding ortho intramolecular Hbond substituents is 2. The zero-order valence-corrected chi connectivity index (χ0v) is 20.2. The molecule has 6 heteroatoms. The van der Waals surface area contributed by atoms with Gasteiger partial charge in [0.25, 0.3) is 0 Å². The number of carbonyl (C=O) groups excluding carboxylic acids is 1. The van der Waals surface area contributed by atoms with Crippen molar-refractivity contribution < 1.29 is 19.7 Å². The van der Waals surface area contributed by atoms with Gasteiger partial charge in [-0.25, -0.2) is 0 Å². The number of anilines is 1. The monoisotopic (exact) mass is 462 g/mol.